The molecule has 6 heteroatoms. The van der Waals surface area contributed by atoms with Gasteiger partial charge < -0.3 is 15.0 Å². The number of carbonyl (C=O) groups excluding carboxylic acids is 2. The second-order valence-electron chi connectivity index (χ2n) is 5.85. The van der Waals surface area contributed by atoms with Gasteiger partial charge in [-0.1, -0.05) is 23.7 Å². The monoisotopic (exact) mass is 374 g/mol. The summed E-state index contributed by atoms with van der Waals surface area (Å²) in [6.07, 6.45) is 0.955. The lowest BCUT2D eigenvalue weighted by Crippen LogP contribution is -2.34. The molecule has 2 aromatic carbocycles. The number of nitrogens with one attached hydrogen (secondary N) is 1. The molecule has 1 N–H and O–H groups in total. The first-order valence-electron chi connectivity index (χ1n) is 8.43. The number of hydrogen-bond acceptors (Lipinski definition) is 3. The third-order valence-electron chi connectivity index (χ3n) is 3.95. The quantitative estimate of drug-likeness (QED) is 0.769. The molecule has 2 amide bonds. The molecule has 0 spiro atoms. The molecular weight excluding hydrogens is 352 g/mol. The van der Waals surface area contributed by atoms with Crippen molar-refractivity contribution < 1.29 is 14.3 Å². The predicted molar refractivity (Wildman–Crippen MR) is 104 cm³/mol. The van der Waals surface area contributed by atoms with E-state index in [0.717, 1.165) is 23.4 Å². The van der Waals surface area contributed by atoms with Gasteiger partial charge >= 0.3 is 0 Å². The van der Waals surface area contributed by atoms with Gasteiger partial charge in [0.05, 0.1) is 7.11 Å². The highest BCUT2D eigenvalue weighted by molar-refractivity contribution is 6.30. The fraction of sp³-hybridized carbons (Fsp3) is 0.300. The molecule has 0 aliphatic rings. The number of carbonyl (C=O) groups is 2. The number of nitrogens with zero attached hydrogens (tertiary/aromatic N) is 1. The molecule has 0 saturated heterocycles. The average molecular weight is 375 g/mol. The largest absolute Gasteiger partial charge is 0.497 e. The van der Waals surface area contributed by atoms with Crippen LogP contribution in [0.5, 0.6) is 5.75 Å². The number of anilines is 1. The van der Waals surface area contributed by atoms with Gasteiger partial charge in [-0.25, -0.2) is 0 Å². The molecule has 0 bridgehead atoms. The van der Waals surface area contributed by atoms with Crippen LogP contribution in [0.2, 0.25) is 5.02 Å². The van der Waals surface area contributed by atoms with Crippen molar-refractivity contribution >= 4 is 29.1 Å². The van der Waals surface area contributed by atoms with E-state index in [9.17, 15) is 9.59 Å². The van der Waals surface area contributed by atoms with E-state index in [0.29, 0.717) is 18.1 Å². The van der Waals surface area contributed by atoms with Crippen molar-refractivity contribution in [1.29, 1.82) is 0 Å². The SMILES string of the molecule is COc1cccc(CCNC(=O)CCN(C(C)=O)c2ccc(Cl)cc2)c1. The van der Waals surface area contributed by atoms with Crippen LogP contribution in [0, 0.1) is 0 Å². The fourth-order valence-electron chi connectivity index (χ4n) is 2.57. The zero-order chi connectivity index (χ0) is 18.9. The number of ether oxygens (including phenoxy) is 1. The second-order valence-corrected chi connectivity index (χ2v) is 6.28. The average Bonchev–Trinajstić information content (AvgIpc) is 2.63. The summed E-state index contributed by atoms with van der Waals surface area (Å²) in [6, 6.07) is 14.7. The summed E-state index contributed by atoms with van der Waals surface area (Å²) in [7, 11) is 1.63. The lowest BCUT2D eigenvalue weighted by Gasteiger charge is -2.21. The summed E-state index contributed by atoms with van der Waals surface area (Å²) in [5.74, 6) is 0.596. The molecule has 0 aliphatic carbocycles. The lowest BCUT2D eigenvalue weighted by molar-refractivity contribution is -0.121. The first-order chi connectivity index (χ1) is 12.5. The highest BCUT2D eigenvalue weighted by atomic mass is 35.5. The lowest BCUT2D eigenvalue weighted by atomic mass is 10.1. The van der Waals surface area contributed by atoms with Crippen LogP contribution in [-0.4, -0.2) is 32.0 Å². The minimum Gasteiger partial charge on any atom is -0.497 e. The number of hydrogen-bond donors (Lipinski definition) is 1. The number of methoxy groups -OCH3 is 1. The Morgan fingerprint density at radius 3 is 2.54 bits per heavy atom. The van der Waals surface area contributed by atoms with Gasteiger partial charge in [0.15, 0.2) is 0 Å². The first-order valence-corrected chi connectivity index (χ1v) is 8.80. The molecule has 138 valence electrons. The van der Waals surface area contributed by atoms with E-state index < -0.39 is 0 Å². The predicted octanol–water partition coefficient (Wildman–Crippen LogP) is 3.45. The molecule has 0 atom stereocenters. The van der Waals surface area contributed by atoms with Crippen LogP contribution in [0.4, 0.5) is 5.69 Å². The van der Waals surface area contributed by atoms with E-state index in [1.807, 2.05) is 24.3 Å². The van der Waals surface area contributed by atoms with E-state index in [2.05, 4.69) is 5.32 Å². The van der Waals surface area contributed by atoms with Gasteiger partial charge in [-0.3, -0.25) is 9.59 Å². The summed E-state index contributed by atoms with van der Waals surface area (Å²) in [4.78, 5) is 25.5. The maximum absolute atomic E-state index is 12.1. The van der Waals surface area contributed by atoms with Crippen molar-refractivity contribution in [3.63, 3.8) is 0 Å². The van der Waals surface area contributed by atoms with Gasteiger partial charge in [-0.15, -0.1) is 0 Å². The molecule has 0 heterocycles. The van der Waals surface area contributed by atoms with Gasteiger partial charge in [-0.05, 0) is 48.4 Å². The van der Waals surface area contributed by atoms with Crippen LogP contribution in [-0.2, 0) is 16.0 Å². The molecular formula is C20H23ClN2O3. The number of benzene rings is 2. The molecule has 2 aromatic rings. The van der Waals surface area contributed by atoms with Crippen LogP contribution in [0.1, 0.15) is 18.9 Å². The van der Waals surface area contributed by atoms with Gasteiger partial charge in [0.25, 0.3) is 0 Å². The van der Waals surface area contributed by atoms with Crippen LogP contribution in [0.25, 0.3) is 0 Å². The molecule has 0 aliphatic heterocycles. The molecule has 26 heavy (non-hydrogen) atoms. The normalized spacial score (nSPS) is 10.3. The van der Waals surface area contributed by atoms with Crippen LogP contribution < -0.4 is 15.0 Å². The topological polar surface area (TPSA) is 58.6 Å². The van der Waals surface area contributed by atoms with Crippen molar-refractivity contribution in [1.82, 2.24) is 5.32 Å². The maximum Gasteiger partial charge on any atom is 0.223 e. The fourth-order valence-corrected chi connectivity index (χ4v) is 2.69. The van der Waals surface area contributed by atoms with E-state index in [1.165, 1.54) is 6.92 Å². The Hall–Kier alpha value is -2.53. The zero-order valence-corrected chi connectivity index (χ0v) is 15.8. The van der Waals surface area contributed by atoms with Crippen molar-refractivity contribution in [2.45, 2.75) is 19.8 Å². The van der Waals surface area contributed by atoms with Crippen LogP contribution in [0.3, 0.4) is 0 Å². The Morgan fingerprint density at radius 2 is 1.88 bits per heavy atom. The van der Waals surface area contributed by atoms with E-state index in [4.69, 9.17) is 16.3 Å². The Labute approximate surface area is 158 Å². The van der Waals surface area contributed by atoms with Gasteiger partial charge in [0, 0.05) is 37.1 Å². The minimum absolute atomic E-state index is 0.0897. The van der Waals surface area contributed by atoms with Gasteiger partial charge in [0.1, 0.15) is 5.75 Å². The van der Waals surface area contributed by atoms with Crippen molar-refractivity contribution in [2.24, 2.45) is 0 Å². The summed E-state index contributed by atoms with van der Waals surface area (Å²) < 4.78 is 5.19. The van der Waals surface area contributed by atoms with Crippen molar-refractivity contribution in [2.75, 3.05) is 25.1 Å². The number of halogens is 1. The standard InChI is InChI=1S/C20H23ClN2O3/c1-15(24)23(18-8-6-17(21)7-9-18)13-11-20(25)22-12-10-16-4-3-5-19(14-16)26-2/h3-9,14H,10-13H2,1-2H3,(H,22,25). The van der Waals surface area contributed by atoms with Gasteiger partial charge in [0.2, 0.25) is 11.8 Å². The molecule has 2 rings (SSSR count). The smallest absolute Gasteiger partial charge is 0.223 e. The van der Waals surface area contributed by atoms with Crippen LogP contribution >= 0.6 is 11.6 Å². The Kier molecular flexibility index (Phi) is 7.48. The van der Waals surface area contributed by atoms with Gasteiger partial charge in [-0.2, -0.15) is 0 Å². The highest BCUT2D eigenvalue weighted by Crippen LogP contribution is 2.18. The zero-order valence-electron chi connectivity index (χ0n) is 15.0. The van der Waals surface area contributed by atoms with Crippen molar-refractivity contribution in [3.05, 3.63) is 59.1 Å². The number of amides is 2. The summed E-state index contributed by atoms with van der Waals surface area (Å²) in [6.45, 7) is 2.34. The van der Waals surface area contributed by atoms with E-state index in [1.54, 1.807) is 36.3 Å². The Bertz CT molecular complexity index is 747. The maximum atomic E-state index is 12.1. The summed E-state index contributed by atoms with van der Waals surface area (Å²) >= 11 is 5.87. The summed E-state index contributed by atoms with van der Waals surface area (Å²) in [5, 5.41) is 3.49. The first kappa shape index (κ1) is 19.8. The number of rotatable bonds is 8. The summed E-state index contributed by atoms with van der Waals surface area (Å²) in [5.41, 5.74) is 1.82. The minimum atomic E-state index is -0.114. The molecule has 0 radical (unpaired) electrons. The van der Waals surface area contributed by atoms with E-state index in [-0.39, 0.29) is 18.2 Å². The van der Waals surface area contributed by atoms with E-state index >= 15 is 0 Å². The molecule has 0 aromatic heterocycles. The third kappa shape index (κ3) is 6.08. The Balaban J connectivity index is 1.80. The van der Waals surface area contributed by atoms with Crippen LogP contribution in [0.15, 0.2) is 48.5 Å². The molecule has 5 nitrogen and oxygen atoms in total. The molecule has 0 fully saturated rings. The molecule has 0 unspecified atom stereocenters. The molecule has 0 saturated carbocycles. The van der Waals surface area contributed by atoms with Crippen molar-refractivity contribution in [3.8, 4) is 5.75 Å². The third-order valence-corrected chi connectivity index (χ3v) is 4.20. The Morgan fingerprint density at radius 1 is 1.15 bits per heavy atom. The second kappa shape index (κ2) is 9.82. The highest BCUT2D eigenvalue weighted by Gasteiger charge is 2.13.